The van der Waals surface area contributed by atoms with Gasteiger partial charge in [0.05, 0.1) is 13.0 Å². The van der Waals surface area contributed by atoms with Gasteiger partial charge in [-0.15, -0.1) is 0 Å². The molecule has 1 atom stereocenters. The van der Waals surface area contributed by atoms with Gasteiger partial charge in [0.1, 0.15) is 0 Å². The molecular formula is C16H32N2O3. The highest BCUT2D eigenvalue weighted by atomic mass is 16.5. The van der Waals surface area contributed by atoms with Crippen LogP contribution in [0.15, 0.2) is 0 Å². The Balaban J connectivity index is 4.46. The summed E-state index contributed by atoms with van der Waals surface area (Å²) in [6.07, 6.45) is 2.31. The molecule has 0 aromatic heterocycles. The first-order chi connectivity index (χ1) is 9.99. The highest BCUT2D eigenvalue weighted by molar-refractivity contribution is 5.77. The molecule has 0 spiro atoms. The van der Waals surface area contributed by atoms with Crippen LogP contribution in [-0.2, 0) is 14.3 Å². The summed E-state index contributed by atoms with van der Waals surface area (Å²) in [5.41, 5.74) is 0. The first-order valence-electron chi connectivity index (χ1n) is 8.07. The van der Waals surface area contributed by atoms with E-state index < -0.39 is 0 Å². The highest BCUT2D eigenvalue weighted by Crippen LogP contribution is 2.07. The molecule has 21 heavy (non-hydrogen) atoms. The van der Waals surface area contributed by atoms with Gasteiger partial charge in [-0.05, 0) is 32.5 Å². The molecule has 0 fully saturated rings. The van der Waals surface area contributed by atoms with Crippen LogP contribution >= 0.6 is 0 Å². The topological polar surface area (TPSA) is 49.9 Å². The van der Waals surface area contributed by atoms with Crippen LogP contribution in [0, 0.1) is 5.92 Å². The molecule has 5 heteroatoms. The Labute approximate surface area is 129 Å². The van der Waals surface area contributed by atoms with Gasteiger partial charge in [0.25, 0.3) is 0 Å². The minimum atomic E-state index is -0.274. The van der Waals surface area contributed by atoms with Crippen LogP contribution in [0.1, 0.15) is 47.0 Å². The van der Waals surface area contributed by atoms with Gasteiger partial charge >= 0.3 is 5.97 Å². The maximum Gasteiger partial charge on any atom is 0.310 e. The number of carbonyl (C=O) groups excluding carboxylic acids is 2. The maximum atomic E-state index is 12.2. The second-order valence-electron chi connectivity index (χ2n) is 5.39. The summed E-state index contributed by atoms with van der Waals surface area (Å²) in [6.45, 7) is 12.3. The van der Waals surface area contributed by atoms with Crippen LogP contribution in [0.25, 0.3) is 0 Å². The summed E-state index contributed by atoms with van der Waals surface area (Å²) in [4.78, 5) is 27.9. The van der Waals surface area contributed by atoms with E-state index in [4.69, 9.17) is 4.74 Å². The Morgan fingerprint density at radius 3 is 2.19 bits per heavy atom. The van der Waals surface area contributed by atoms with E-state index in [0.29, 0.717) is 19.5 Å². The van der Waals surface area contributed by atoms with Crippen LogP contribution in [0.3, 0.4) is 0 Å². The number of amides is 1. The van der Waals surface area contributed by atoms with E-state index in [1.54, 1.807) is 0 Å². The normalized spacial score (nSPS) is 12.3. The Morgan fingerprint density at radius 2 is 1.71 bits per heavy atom. The average molecular weight is 300 g/mol. The monoisotopic (exact) mass is 300 g/mol. The van der Waals surface area contributed by atoms with Gasteiger partial charge in [-0.1, -0.05) is 27.7 Å². The molecule has 0 N–H and O–H groups in total. The quantitative estimate of drug-likeness (QED) is 0.549. The molecule has 0 aliphatic carbocycles. The Morgan fingerprint density at radius 1 is 1.10 bits per heavy atom. The molecule has 0 aliphatic heterocycles. The van der Waals surface area contributed by atoms with Crippen molar-refractivity contribution < 1.29 is 14.3 Å². The van der Waals surface area contributed by atoms with Crippen molar-refractivity contribution in [1.29, 1.82) is 0 Å². The van der Waals surface area contributed by atoms with E-state index in [2.05, 4.69) is 18.7 Å². The second-order valence-corrected chi connectivity index (χ2v) is 5.39. The second kappa shape index (κ2) is 11.5. The molecule has 0 aliphatic rings. The molecular weight excluding hydrogens is 268 g/mol. The molecule has 0 rings (SSSR count). The lowest BCUT2D eigenvalue weighted by Crippen LogP contribution is -2.39. The Hall–Kier alpha value is -1.10. The smallest absolute Gasteiger partial charge is 0.310 e. The molecule has 1 unspecified atom stereocenters. The van der Waals surface area contributed by atoms with Gasteiger partial charge < -0.3 is 14.5 Å². The Bertz CT molecular complexity index is 304. The third-order valence-electron chi connectivity index (χ3n) is 3.71. The molecule has 0 aromatic rings. The third-order valence-corrected chi connectivity index (χ3v) is 3.71. The number of hydrogen-bond donors (Lipinski definition) is 0. The first kappa shape index (κ1) is 19.9. The molecule has 0 radical (unpaired) electrons. The highest BCUT2D eigenvalue weighted by Gasteiger charge is 2.20. The first-order valence-corrected chi connectivity index (χ1v) is 8.07. The molecule has 5 nitrogen and oxygen atoms in total. The van der Waals surface area contributed by atoms with Crippen molar-refractivity contribution in [1.82, 2.24) is 9.80 Å². The van der Waals surface area contributed by atoms with Crippen LogP contribution in [0.5, 0.6) is 0 Å². The molecule has 0 aromatic carbocycles. The number of esters is 1. The molecule has 124 valence electrons. The number of rotatable bonds is 11. The SMILES string of the molecule is CCCC(=O)N(CCCN(CC)CC)CC(C)C(=O)OC. The van der Waals surface area contributed by atoms with Crippen molar-refractivity contribution in [3.05, 3.63) is 0 Å². The van der Waals surface area contributed by atoms with Crippen LogP contribution in [0.4, 0.5) is 0 Å². The minimum absolute atomic E-state index is 0.132. The summed E-state index contributed by atoms with van der Waals surface area (Å²) in [7, 11) is 1.39. The predicted octanol–water partition coefficient (Wildman–Crippen LogP) is 2.16. The van der Waals surface area contributed by atoms with Gasteiger partial charge in [-0.3, -0.25) is 9.59 Å². The van der Waals surface area contributed by atoms with Crippen molar-refractivity contribution in [2.75, 3.05) is 39.8 Å². The summed E-state index contributed by atoms with van der Waals surface area (Å²) in [5.74, 6) is -0.398. The fraction of sp³-hybridized carbons (Fsp3) is 0.875. The van der Waals surface area contributed by atoms with Crippen molar-refractivity contribution in [2.45, 2.75) is 47.0 Å². The lowest BCUT2D eigenvalue weighted by Gasteiger charge is -2.26. The summed E-state index contributed by atoms with van der Waals surface area (Å²) < 4.78 is 4.74. The van der Waals surface area contributed by atoms with Gasteiger partial charge in [0.15, 0.2) is 0 Å². The van der Waals surface area contributed by atoms with Gasteiger partial charge in [-0.25, -0.2) is 0 Å². The molecule has 1 amide bonds. The zero-order valence-corrected chi connectivity index (χ0v) is 14.4. The van der Waals surface area contributed by atoms with E-state index >= 15 is 0 Å². The average Bonchev–Trinajstić information content (AvgIpc) is 2.49. The van der Waals surface area contributed by atoms with E-state index in [1.165, 1.54) is 7.11 Å². The summed E-state index contributed by atoms with van der Waals surface area (Å²) in [6, 6.07) is 0. The number of carbonyl (C=O) groups is 2. The van der Waals surface area contributed by atoms with Crippen molar-refractivity contribution in [3.8, 4) is 0 Å². The van der Waals surface area contributed by atoms with Crippen LogP contribution < -0.4 is 0 Å². The zero-order valence-electron chi connectivity index (χ0n) is 14.4. The largest absolute Gasteiger partial charge is 0.469 e. The summed E-state index contributed by atoms with van der Waals surface area (Å²) in [5, 5.41) is 0. The van der Waals surface area contributed by atoms with Crippen molar-refractivity contribution in [2.24, 2.45) is 5.92 Å². The lowest BCUT2D eigenvalue weighted by atomic mass is 10.1. The van der Waals surface area contributed by atoms with Crippen molar-refractivity contribution in [3.63, 3.8) is 0 Å². The fourth-order valence-electron chi connectivity index (χ4n) is 2.32. The van der Waals surface area contributed by atoms with Crippen molar-refractivity contribution >= 4 is 11.9 Å². The molecule has 0 saturated heterocycles. The van der Waals surface area contributed by atoms with Gasteiger partial charge in [0.2, 0.25) is 5.91 Å². The minimum Gasteiger partial charge on any atom is -0.469 e. The molecule has 0 bridgehead atoms. The summed E-state index contributed by atoms with van der Waals surface area (Å²) >= 11 is 0. The standard InChI is InChI=1S/C16H32N2O3/c1-6-10-15(19)18(13-14(4)16(20)21-5)12-9-11-17(7-2)8-3/h14H,6-13H2,1-5H3. The number of ether oxygens (including phenoxy) is 1. The number of hydrogen-bond acceptors (Lipinski definition) is 4. The number of nitrogens with zero attached hydrogens (tertiary/aromatic N) is 2. The van der Waals surface area contributed by atoms with Gasteiger partial charge in [0, 0.05) is 19.5 Å². The maximum absolute atomic E-state index is 12.2. The molecule has 0 saturated carbocycles. The fourth-order valence-corrected chi connectivity index (χ4v) is 2.32. The van der Waals surface area contributed by atoms with Crippen LogP contribution in [-0.4, -0.2) is 61.5 Å². The molecule has 0 heterocycles. The third kappa shape index (κ3) is 8.05. The number of methoxy groups -OCH3 is 1. The zero-order chi connectivity index (χ0) is 16.3. The Kier molecular flexibility index (Phi) is 10.9. The van der Waals surface area contributed by atoms with E-state index in [-0.39, 0.29) is 17.8 Å². The van der Waals surface area contributed by atoms with Gasteiger partial charge in [-0.2, -0.15) is 0 Å². The van der Waals surface area contributed by atoms with E-state index in [0.717, 1.165) is 32.5 Å². The van der Waals surface area contributed by atoms with E-state index in [9.17, 15) is 9.59 Å². The van der Waals surface area contributed by atoms with E-state index in [1.807, 2.05) is 18.7 Å². The lowest BCUT2D eigenvalue weighted by molar-refractivity contribution is -0.146. The van der Waals surface area contributed by atoms with Crippen LogP contribution in [0.2, 0.25) is 0 Å². The predicted molar refractivity (Wildman–Crippen MR) is 85.1 cm³/mol.